The molecule has 3 heteroatoms. The van der Waals surface area contributed by atoms with Crippen molar-refractivity contribution in [3.8, 4) is 11.8 Å². The average molecular weight is 191 g/mol. The second-order valence-electron chi connectivity index (χ2n) is 3.13. The van der Waals surface area contributed by atoms with Gasteiger partial charge in [-0.15, -0.1) is 11.8 Å². The molecule has 0 radical (unpaired) electrons. The van der Waals surface area contributed by atoms with Crippen molar-refractivity contribution in [3.05, 3.63) is 18.2 Å². The summed E-state index contributed by atoms with van der Waals surface area (Å²) in [5, 5.41) is 3.11. The molecule has 1 N–H and O–H groups in total. The minimum Gasteiger partial charge on any atom is -0.336 e. The average Bonchev–Trinajstić information content (AvgIpc) is 2.63. The largest absolute Gasteiger partial charge is 0.336 e. The summed E-state index contributed by atoms with van der Waals surface area (Å²) >= 11 is 0. The van der Waals surface area contributed by atoms with Crippen LogP contribution in [0.3, 0.4) is 0 Å². The summed E-state index contributed by atoms with van der Waals surface area (Å²) in [4.78, 5) is 4.31. The molecule has 0 saturated heterocycles. The Bertz CT molecular complexity index is 317. The van der Waals surface area contributed by atoms with Crippen molar-refractivity contribution in [2.24, 2.45) is 0 Å². The molecule has 0 atom stereocenters. The molecule has 0 aliphatic carbocycles. The highest BCUT2D eigenvalue weighted by atomic mass is 15.0. The predicted molar refractivity (Wildman–Crippen MR) is 57.9 cm³/mol. The number of aryl methyl sites for hydroxylation is 1. The van der Waals surface area contributed by atoms with Gasteiger partial charge in [0.05, 0.1) is 12.0 Å². The van der Waals surface area contributed by atoms with Gasteiger partial charge in [-0.3, -0.25) is 0 Å². The van der Waals surface area contributed by atoms with Crippen LogP contribution in [0.5, 0.6) is 0 Å². The van der Waals surface area contributed by atoms with E-state index in [1.807, 2.05) is 20.3 Å². The molecular weight excluding hydrogens is 174 g/mol. The Hall–Kier alpha value is -1.27. The Morgan fingerprint density at radius 1 is 1.57 bits per heavy atom. The second-order valence-corrected chi connectivity index (χ2v) is 3.13. The van der Waals surface area contributed by atoms with E-state index in [1.54, 1.807) is 0 Å². The maximum atomic E-state index is 4.31. The molecule has 0 fully saturated rings. The summed E-state index contributed by atoms with van der Waals surface area (Å²) < 4.78 is 2.09. The third kappa shape index (κ3) is 3.63. The molecule has 1 aromatic rings. The number of nitrogens with zero attached hydrogens (tertiary/aromatic N) is 2. The van der Waals surface area contributed by atoms with Gasteiger partial charge in [0, 0.05) is 32.1 Å². The monoisotopic (exact) mass is 191 g/mol. The van der Waals surface area contributed by atoms with Gasteiger partial charge < -0.3 is 9.88 Å². The first-order valence-electron chi connectivity index (χ1n) is 4.91. The van der Waals surface area contributed by atoms with E-state index >= 15 is 0 Å². The Balaban J connectivity index is 2.37. The summed E-state index contributed by atoms with van der Waals surface area (Å²) in [6.07, 6.45) is 5.86. The highest BCUT2D eigenvalue weighted by Crippen LogP contribution is 1.97. The van der Waals surface area contributed by atoms with Gasteiger partial charge in [-0.25, -0.2) is 4.98 Å². The van der Waals surface area contributed by atoms with Crippen LogP contribution in [0.2, 0.25) is 0 Å². The van der Waals surface area contributed by atoms with E-state index < -0.39 is 0 Å². The van der Waals surface area contributed by atoms with Crippen molar-refractivity contribution < 1.29 is 0 Å². The van der Waals surface area contributed by atoms with Crippen LogP contribution in [0.1, 0.15) is 19.0 Å². The van der Waals surface area contributed by atoms with Gasteiger partial charge in [0.15, 0.2) is 0 Å². The maximum absolute atomic E-state index is 4.31. The molecule has 1 aromatic heterocycles. The lowest BCUT2D eigenvalue weighted by molar-refractivity contribution is 0.716. The number of aromatic nitrogens is 2. The van der Waals surface area contributed by atoms with E-state index in [9.17, 15) is 0 Å². The Morgan fingerprint density at radius 3 is 3.14 bits per heavy atom. The van der Waals surface area contributed by atoms with E-state index in [0.717, 1.165) is 31.6 Å². The summed E-state index contributed by atoms with van der Waals surface area (Å²) in [5.41, 5.74) is 1.14. The van der Waals surface area contributed by atoms with Crippen molar-refractivity contribution in [1.29, 1.82) is 0 Å². The number of nitrogens with one attached hydrogen (secondary N) is 1. The quantitative estimate of drug-likeness (QED) is 0.705. The van der Waals surface area contributed by atoms with Crippen molar-refractivity contribution in [2.75, 3.05) is 13.6 Å². The number of likely N-dealkylation sites (N-methyl/N-ethyl adjacent to an activating group) is 1. The van der Waals surface area contributed by atoms with Crippen LogP contribution in [-0.4, -0.2) is 23.1 Å². The molecule has 76 valence electrons. The molecule has 14 heavy (non-hydrogen) atoms. The van der Waals surface area contributed by atoms with Gasteiger partial charge in [0.25, 0.3) is 0 Å². The summed E-state index contributed by atoms with van der Waals surface area (Å²) in [7, 11) is 1.95. The molecule has 0 spiro atoms. The normalized spacial score (nSPS) is 9.57. The van der Waals surface area contributed by atoms with Crippen molar-refractivity contribution >= 4 is 0 Å². The number of imidazole rings is 1. The fourth-order valence-electron chi connectivity index (χ4n) is 1.22. The molecule has 1 rings (SSSR count). The lowest BCUT2D eigenvalue weighted by atomic mass is 10.3. The number of hydrogen-bond acceptors (Lipinski definition) is 2. The molecule has 0 bridgehead atoms. The minimum absolute atomic E-state index is 0.901. The molecule has 0 amide bonds. The third-order valence-corrected chi connectivity index (χ3v) is 1.99. The van der Waals surface area contributed by atoms with Crippen LogP contribution in [0.25, 0.3) is 0 Å². The van der Waals surface area contributed by atoms with E-state index in [-0.39, 0.29) is 0 Å². The van der Waals surface area contributed by atoms with Gasteiger partial charge >= 0.3 is 0 Å². The Labute approximate surface area is 85.5 Å². The van der Waals surface area contributed by atoms with E-state index in [0.29, 0.717) is 0 Å². The first-order chi connectivity index (χ1) is 6.86. The van der Waals surface area contributed by atoms with Crippen LogP contribution < -0.4 is 5.32 Å². The minimum atomic E-state index is 0.901. The fraction of sp³-hybridized carbons (Fsp3) is 0.545. The molecule has 3 nitrogen and oxygen atoms in total. The Kier molecular flexibility index (Phi) is 4.81. The summed E-state index contributed by atoms with van der Waals surface area (Å²) in [6.45, 7) is 3.78. The smallest absolute Gasteiger partial charge is 0.0949 e. The zero-order valence-electron chi connectivity index (χ0n) is 8.88. The van der Waals surface area contributed by atoms with Gasteiger partial charge in [-0.05, 0) is 14.0 Å². The highest BCUT2D eigenvalue weighted by molar-refractivity contribution is 4.99. The van der Waals surface area contributed by atoms with Crippen LogP contribution in [0.15, 0.2) is 12.5 Å². The van der Waals surface area contributed by atoms with Crippen LogP contribution in [0, 0.1) is 11.8 Å². The van der Waals surface area contributed by atoms with Gasteiger partial charge in [-0.1, -0.05) is 0 Å². The molecular formula is C11H17N3. The second kappa shape index (κ2) is 6.22. The van der Waals surface area contributed by atoms with E-state index in [2.05, 4.69) is 32.9 Å². The van der Waals surface area contributed by atoms with E-state index in [4.69, 9.17) is 0 Å². The van der Waals surface area contributed by atoms with Gasteiger partial charge in [-0.2, -0.15) is 0 Å². The fourth-order valence-corrected chi connectivity index (χ4v) is 1.22. The lowest BCUT2D eigenvalue weighted by Gasteiger charge is -1.96. The molecule has 0 unspecified atom stereocenters. The molecule has 0 saturated carbocycles. The maximum Gasteiger partial charge on any atom is 0.0949 e. The molecule has 0 aliphatic rings. The van der Waals surface area contributed by atoms with Gasteiger partial charge in [0.1, 0.15) is 0 Å². The predicted octanol–water partition coefficient (Wildman–Crippen LogP) is 1.06. The van der Waals surface area contributed by atoms with Crippen LogP contribution >= 0.6 is 0 Å². The Morgan fingerprint density at radius 2 is 2.43 bits per heavy atom. The topological polar surface area (TPSA) is 29.9 Å². The highest BCUT2D eigenvalue weighted by Gasteiger charge is 1.96. The molecule has 0 aromatic carbocycles. The summed E-state index contributed by atoms with van der Waals surface area (Å²) in [5.74, 6) is 5.92. The third-order valence-electron chi connectivity index (χ3n) is 1.99. The van der Waals surface area contributed by atoms with Crippen molar-refractivity contribution in [2.45, 2.75) is 26.3 Å². The van der Waals surface area contributed by atoms with Crippen LogP contribution in [0.4, 0.5) is 0 Å². The van der Waals surface area contributed by atoms with E-state index in [1.165, 1.54) is 0 Å². The standard InChI is InChI=1S/C11H17N3/c1-3-4-5-8-14-9-11(13-10-14)6-7-12-2/h9-10,12H,5-8H2,1-2H3. The first kappa shape index (κ1) is 10.8. The van der Waals surface area contributed by atoms with Crippen molar-refractivity contribution in [1.82, 2.24) is 14.9 Å². The zero-order valence-corrected chi connectivity index (χ0v) is 8.88. The SMILES string of the molecule is CC#CCCn1cnc(CCNC)c1. The zero-order chi connectivity index (χ0) is 10.2. The van der Waals surface area contributed by atoms with Gasteiger partial charge in [0.2, 0.25) is 0 Å². The van der Waals surface area contributed by atoms with Crippen molar-refractivity contribution in [3.63, 3.8) is 0 Å². The number of hydrogen-bond donors (Lipinski definition) is 1. The lowest BCUT2D eigenvalue weighted by Crippen LogP contribution is -2.10. The number of rotatable bonds is 5. The molecule has 0 aliphatic heterocycles. The summed E-state index contributed by atoms with van der Waals surface area (Å²) in [6, 6.07) is 0. The van der Waals surface area contributed by atoms with Crippen LogP contribution in [-0.2, 0) is 13.0 Å². The first-order valence-corrected chi connectivity index (χ1v) is 4.91. The molecule has 1 heterocycles.